The molecule has 1 heterocycles. The van der Waals surface area contributed by atoms with Crippen molar-refractivity contribution >= 4 is 0 Å². The quantitative estimate of drug-likeness (QED) is 0.928. The highest BCUT2D eigenvalue weighted by molar-refractivity contribution is 5.24. The number of aryl methyl sites for hydroxylation is 1. The van der Waals surface area contributed by atoms with Crippen molar-refractivity contribution in [2.45, 2.75) is 51.0 Å². The molecule has 3 rings (SSSR count). The van der Waals surface area contributed by atoms with Crippen LogP contribution in [-0.4, -0.2) is 15.7 Å². The van der Waals surface area contributed by atoms with Crippen molar-refractivity contribution in [1.29, 1.82) is 0 Å². The Balaban J connectivity index is 1.67. The summed E-state index contributed by atoms with van der Waals surface area (Å²) in [5, 5.41) is 4.07. The lowest BCUT2D eigenvalue weighted by Crippen LogP contribution is -2.38. The average molecular weight is 271 g/mol. The molecule has 1 aliphatic carbocycles. The summed E-state index contributed by atoms with van der Waals surface area (Å²) >= 11 is 0. The molecule has 0 amide bonds. The van der Waals surface area contributed by atoms with Gasteiger partial charge in [0.1, 0.15) is 0 Å². The molecule has 0 radical (unpaired) electrons. The fraction of sp³-hybridized carbons (Fsp3) is 0.500. The van der Waals surface area contributed by atoms with E-state index in [4.69, 9.17) is 10.3 Å². The number of aromatic nitrogens is 2. The Morgan fingerprint density at radius 1 is 1.30 bits per heavy atom. The summed E-state index contributed by atoms with van der Waals surface area (Å²) in [5.74, 6) is 1.42. The lowest BCUT2D eigenvalue weighted by atomic mass is 9.95. The Hall–Kier alpha value is -1.68. The van der Waals surface area contributed by atoms with Gasteiger partial charge in [0.2, 0.25) is 5.89 Å². The molecular weight excluding hydrogens is 250 g/mol. The van der Waals surface area contributed by atoms with E-state index in [2.05, 4.69) is 41.3 Å². The minimum atomic E-state index is -0.132. The summed E-state index contributed by atoms with van der Waals surface area (Å²) in [5.41, 5.74) is 8.67. The minimum Gasteiger partial charge on any atom is -0.339 e. The third kappa shape index (κ3) is 3.07. The Kier molecular flexibility index (Phi) is 3.57. The number of hydrogen-bond donors (Lipinski definition) is 1. The van der Waals surface area contributed by atoms with Crippen molar-refractivity contribution in [3.05, 3.63) is 47.1 Å². The van der Waals surface area contributed by atoms with Crippen LogP contribution in [0.4, 0.5) is 0 Å². The van der Waals surface area contributed by atoms with E-state index in [1.165, 1.54) is 24.0 Å². The van der Waals surface area contributed by atoms with Crippen LogP contribution in [0, 0.1) is 6.92 Å². The summed E-state index contributed by atoms with van der Waals surface area (Å²) in [4.78, 5) is 4.49. The van der Waals surface area contributed by atoms with Crippen LogP contribution in [0.3, 0.4) is 0 Å². The molecule has 2 aromatic rings. The maximum absolute atomic E-state index is 6.35. The van der Waals surface area contributed by atoms with Crippen LogP contribution in [0.1, 0.15) is 48.5 Å². The summed E-state index contributed by atoms with van der Waals surface area (Å²) in [6.45, 7) is 2.09. The van der Waals surface area contributed by atoms with Gasteiger partial charge in [0.05, 0.1) is 0 Å². The smallest absolute Gasteiger partial charge is 0.228 e. The first-order valence-corrected chi connectivity index (χ1v) is 7.29. The number of hydrogen-bond acceptors (Lipinski definition) is 4. The lowest BCUT2D eigenvalue weighted by Gasteiger charge is -2.20. The molecule has 0 unspecified atom stereocenters. The zero-order valence-electron chi connectivity index (χ0n) is 11.9. The van der Waals surface area contributed by atoms with E-state index < -0.39 is 0 Å². The van der Waals surface area contributed by atoms with Gasteiger partial charge < -0.3 is 10.3 Å². The normalized spacial score (nSPS) is 17.5. The molecule has 1 aromatic heterocycles. The number of rotatable bonds is 4. The molecule has 1 saturated carbocycles. The molecule has 0 bridgehead atoms. The maximum Gasteiger partial charge on any atom is 0.228 e. The fourth-order valence-corrected chi connectivity index (χ4v) is 3.00. The van der Waals surface area contributed by atoms with Crippen molar-refractivity contribution in [3.63, 3.8) is 0 Å². The molecule has 20 heavy (non-hydrogen) atoms. The molecule has 0 atom stereocenters. The molecule has 0 spiro atoms. The number of nitrogens with zero attached hydrogens (tertiary/aromatic N) is 2. The lowest BCUT2D eigenvalue weighted by molar-refractivity contribution is 0.327. The Bertz CT molecular complexity index is 585. The predicted molar refractivity (Wildman–Crippen MR) is 77.4 cm³/mol. The van der Waals surface area contributed by atoms with Crippen LogP contribution in [0.2, 0.25) is 0 Å². The standard InChI is InChI=1S/C16H21N3O/c1-12-5-4-6-13(9-12)10-14-18-15(20-19-14)11-16(17)7-2-3-8-16/h4-6,9H,2-3,7-8,10-11,17H2,1H3. The molecule has 106 valence electrons. The van der Waals surface area contributed by atoms with Crippen LogP contribution in [-0.2, 0) is 12.8 Å². The van der Waals surface area contributed by atoms with Crippen LogP contribution in [0.5, 0.6) is 0 Å². The first kappa shape index (κ1) is 13.3. The highest BCUT2D eigenvalue weighted by Gasteiger charge is 2.31. The second kappa shape index (κ2) is 5.37. The molecular formula is C16H21N3O. The highest BCUT2D eigenvalue weighted by Crippen LogP contribution is 2.29. The van der Waals surface area contributed by atoms with Crippen molar-refractivity contribution in [1.82, 2.24) is 10.1 Å². The predicted octanol–water partition coefficient (Wildman–Crippen LogP) is 2.78. The van der Waals surface area contributed by atoms with Gasteiger partial charge in [0.15, 0.2) is 5.82 Å². The zero-order valence-corrected chi connectivity index (χ0v) is 11.9. The molecule has 1 aromatic carbocycles. The zero-order chi connectivity index (χ0) is 14.0. The van der Waals surface area contributed by atoms with Gasteiger partial charge in [0.25, 0.3) is 0 Å². The molecule has 0 aliphatic heterocycles. The monoisotopic (exact) mass is 271 g/mol. The van der Waals surface area contributed by atoms with Gasteiger partial charge in [-0.15, -0.1) is 0 Å². The minimum absolute atomic E-state index is 0.132. The number of nitrogens with two attached hydrogens (primary N) is 1. The molecule has 4 nitrogen and oxygen atoms in total. The molecule has 1 fully saturated rings. The van der Waals surface area contributed by atoms with Gasteiger partial charge in [-0.3, -0.25) is 0 Å². The SMILES string of the molecule is Cc1cccc(Cc2noc(CC3(N)CCCC3)n2)c1. The Morgan fingerprint density at radius 2 is 2.10 bits per heavy atom. The highest BCUT2D eigenvalue weighted by atomic mass is 16.5. The van der Waals surface area contributed by atoms with E-state index in [0.29, 0.717) is 18.7 Å². The Labute approximate surface area is 119 Å². The molecule has 4 heteroatoms. The summed E-state index contributed by atoms with van der Waals surface area (Å²) in [6, 6.07) is 8.38. The van der Waals surface area contributed by atoms with E-state index >= 15 is 0 Å². The summed E-state index contributed by atoms with van der Waals surface area (Å²) in [7, 11) is 0. The van der Waals surface area contributed by atoms with Gasteiger partial charge in [-0.25, -0.2) is 0 Å². The van der Waals surface area contributed by atoms with Crippen molar-refractivity contribution in [2.24, 2.45) is 5.73 Å². The largest absolute Gasteiger partial charge is 0.339 e. The van der Waals surface area contributed by atoms with Gasteiger partial charge in [-0.2, -0.15) is 4.98 Å². The second-order valence-corrected chi connectivity index (χ2v) is 6.02. The van der Waals surface area contributed by atoms with E-state index in [1.807, 2.05) is 0 Å². The molecule has 2 N–H and O–H groups in total. The van der Waals surface area contributed by atoms with Crippen molar-refractivity contribution in [2.75, 3.05) is 0 Å². The maximum atomic E-state index is 6.35. The summed E-state index contributed by atoms with van der Waals surface area (Å²) < 4.78 is 5.35. The van der Waals surface area contributed by atoms with Crippen molar-refractivity contribution in [3.8, 4) is 0 Å². The Morgan fingerprint density at radius 3 is 2.85 bits per heavy atom. The topological polar surface area (TPSA) is 64.9 Å². The molecule has 1 aliphatic rings. The van der Waals surface area contributed by atoms with Crippen LogP contribution >= 0.6 is 0 Å². The van der Waals surface area contributed by atoms with Gasteiger partial charge in [-0.05, 0) is 25.3 Å². The first-order chi connectivity index (χ1) is 9.63. The second-order valence-electron chi connectivity index (χ2n) is 6.02. The molecule has 0 saturated heterocycles. The van der Waals surface area contributed by atoms with Gasteiger partial charge >= 0.3 is 0 Å². The third-order valence-electron chi connectivity index (χ3n) is 4.06. The van der Waals surface area contributed by atoms with Gasteiger partial charge in [-0.1, -0.05) is 47.8 Å². The van der Waals surface area contributed by atoms with E-state index in [0.717, 1.165) is 18.7 Å². The third-order valence-corrected chi connectivity index (χ3v) is 4.06. The van der Waals surface area contributed by atoms with Crippen LogP contribution in [0.25, 0.3) is 0 Å². The van der Waals surface area contributed by atoms with Crippen molar-refractivity contribution < 1.29 is 4.52 Å². The number of benzene rings is 1. The fourth-order valence-electron chi connectivity index (χ4n) is 3.00. The van der Waals surface area contributed by atoms with E-state index in [1.54, 1.807) is 0 Å². The van der Waals surface area contributed by atoms with Gasteiger partial charge in [0, 0.05) is 18.4 Å². The summed E-state index contributed by atoms with van der Waals surface area (Å²) in [6.07, 6.45) is 5.95. The average Bonchev–Trinajstić information content (AvgIpc) is 3.00. The van der Waals surface area contributed by atoms with Crippen LogP contribution < -0.4 is 5.73 Å². The van der Waals surface area contributed by atoms with E-state index in [9.17, 15) is 0 Å². The van der Waals surface area contributed by atoms with E-state index in [-0.39, 0.29) is 5.54 Å². The first-order valence-electron chi connectivity index (χ1n) is 7.29. The van der Waals surface area contributed by atoms with Crippen LogP contribution in [0.15, 0.2) is 28.8 Å².